The van der Waals surface area contributed by atoms with Gasteiger partial charge in [-0.05, 0) is 37.7 Å². The Hall–Kier alpha value is -1.54. The van der Waals surface area contributed by atoms with E-state index in [0.29, 0.717) is 0 Å². The molecule has 0 aliphatic heterocycles. The van der Waals surface area contributed by atoms with Crippen LogP contribution in [-0.4, -0.2) is 54.6 Å². The first-order chi connectivity index (χ1) is 12.1. The lowest BCUT2D eigenvalue weighted by Crippen LogP contribution is -2.39. The number of halogens is 1. The number of benzene rings is 1. The van der Waals surface area contributed by atoms with E-state index in [0.717, 1.165) is 38.6 Å². The number of rotatable bonds is 8. The molecular formula is C20H32IN5. The van der Waals surface area contributed by atoms with Gasteiger partial charge in [0.15, 0.2) is 5.96 Å². The van der Waals surface area contributed by atoms with Crippen molar-refractivity contribution >= 4 is 29.9 Å². The van der Waals surface area contributed by atoms with Gasteiger partial charge in [-0.1, -0.05) is 30.3 Å². The van der Waals surface area contributed by atoms with Crippen LogP contribution in [0.4, 0.5) is 0 Å². The van der Waals surface area contributed by atoms with Crippen LogP contribution in [0.15, 0.2) is 53.7 Å². The number of aryl methyl sites for hydroxylation is 1. The minimum absolute atomic E-state index is 0. The molecule has 0 spiro atoms. The average molecular weight is 469 g/mol. The molecule has 0 amide bonds. The van der Waals surface area contributed by atoms with E-state index in [4.69, 9.17) is 0 Å². The van der Waals surface area contributed by atoms with Gasteiger partial charge in [-0.15, -0.1) is 24.0 Å². The smallest absolute Gasteiger partial charge is 0.193 e. The van der Waals surface area contributed by atoms with Crippen molar-refractivity contribution in [2.75, 3.05) is 34.2 Å². The molecule has 1 aromatic carbocycles. The second-order valence-corrected chi connectivity index (χ2v) is 6.52. The standard InChI is InChI=1S/C20H31N5.HI/c1-21-20(25(4)17-19-12-8-15-24(19)3)22-13-9-14-23(2)16-18-10-6-5-7-11-18;/h5-8,10-12,15H,9,13-14,16-17H2,1-4H3,(H,21,22);1H. The summed E-state index contributed by atoms with van der Waals surface area (Å²) in [6, 6.07) is 14.8. The van der Waals surface area contributed by atoms with Crippen LogP contribution in [0.25, 0.3) is 0 Å². The molecule has 0 unspecified atom stereocenters. The molecule has 0 saturated heterocycles. The fraction of sp³-hybridized carbons (Fsp3) is 0.450. The Morgan fingerprint density at radius 2 is 1.81 bits per heavy atom. The fourth-order valence-corrected chi connectivity index (χ4v) is 2.89. The third kappa shape index (κ3) is 7.37. The lowest BCUT2D eigenvalue weighted by Gasteiger charge is -2.23. The van der Waals surface area contributed by atoms with E-state index in [-0.39, 0.29) is 24.0 Å². The van der Waals surface area contributed by atoms with Crippen LogP contribution in [0.2, 0.25) is 0 Å². The van der Waals surface area contributed by atoms with Gasteiger partial charge < -0.3 is 19.7 Å². The first-order valence-corrected chi connectivity index (χ1v) is 8.84. The monoisotopic (exact) mass is 469 g/mol. The Kier molecular flexibility index (Phi) is 10.3. The Morgan fingerprint density at radius 3 is 2.42 bits per heavy atom. The molecule has 0 aliphatic carbocycles. The van der Waals surface area contributed by atoms with Gasteiger partial charge in [-0.25, -0.2) is 0 Å². The highest BCUT2D eigenvalue weighted by Gasteiger charge is 2.08. The first-order valence-electron chi connectivity index (χ1n) is 8.84. The van der Waals surface area contributed by atoms with Gasteiger partial charge in [0.05, 0.1) is 6.54 Å². The van der Waals surface area contributed by atoms with Crippen molar-refractivity contribution < 1.29 is 0 Å². The molecule has 0 radical (unpaired) electrons. The topological polar surface area (TPSA) is 35.8 Å². The lowest BCUT2D eigenvalue weighted by atomic mass is 10.2. The van der Waals surface area contributed by atoms with E-state index in [1.807, 2.05) is 7.05 Å². The highest BCUT2D eigenvalue weighted by Crippen LogP contribution is 2.04. The molecule has 5 nitrogen and oxygen atoms in total. The molecule has 1 heterocycles. The molecule has 1 N–H and O–H groups in total. The number of aliphatic imine (C=N–C) groups is 1. The van der Waals surface area contributed by atoms with Gasteiger partial charge >= 0.3 is 0 Å². The van der Waals surface area contributed by atoms with Crippen molar-refractivity contribution in [1.29, 1.82) is 0 Å². The average Bonchev–Trinajstić information content (AvgIpc) is 3.00. The fourth-order valence-electron chi connectivity index (χ4n) is 2.89. The predicted molar refractivity (Wildman–Crippen MR) is 121 cm³/mol. The summed E-state index contributed by atoms with van der Waals surface area (Å²) in [7, 11) is 8.15. The summed E-state index contributed by atoms with van der Waals surface area (Å²) in [6.07, 6.45) is 3.16. The normalized spacial score (nSPS) is 11.3. The van der Waals surface area contributed by atoms with Crippen LogP contribution in [0.3, 0.4) is 0 Å². The summed E-state index contributed by atoms with van der Waals surface area (Å²) in [5.41, 5.74) is 2.63. The number of aromatic nitrogens is 1. The van der Waals surface area contributed by atoms with Gasteiger partial charge in [-0.2, -0.15) is 0 Å². The van der Waals surface area contributed by atoms with E-state index >= 15 is 0 Å². The maximum Gasteiger partial charge on any atom is 0.193 e. The van der Waals surface area contributed by atoms with E-state index < -0.39 is 0 Å². The number of guanidine groups is 1. The summed E-state index contributed by atoms with van der Waals surface area (Å²) in [5.74, 6) is 0.937. The molecule has 0 fully saturated rings. The third-order valence-corrected chi connectivity index (χ3v) is 4.32. The summed E-state index contributed by atoms with van der Waals surface area (Å²) < 4.78 is 2.14. The lowest BCUT2D eigenvalue weighted by molar-refractivity contribution is 0.321. The van der Waals surface area contributed by atoms with Gasteiger partial charge in [-0.3, -0.25) is 4.99 Å². The Bertz CT molecular complexity index is 653. The zero-order valence-corrected chi connectivity index (χ0v) is 18.7. The molecule has 0 aliphatic rings. The first kappa shape index (κ1) is 22.5. The van der Waals surface area contributed by atoms with Crippen LogP contribution in [0.5, 0.6) is 0 Å². The molecule has 0 saturated carbocycles. The van der Waals surface area contributed by atoms with Crippen LogP contribution in [-0.2, 0) is 20.1 Å². The molecule has 2 aromatic rings. The van der Waals surface area contributed by atoms with Crippen LogP contribution < -0.4 is 5.32 Å². The quantitative estimate of drug-likeness (QED) is 0.279. The van der Waals surface area contributed by atoms with Gasteiger partial charge in [0.25, 0.3) is 0 Å². The van der Waals surface area contributed by atoms with Crippen molar-refractivity contribution in [3.05, 3.63) is 59.9 Å². The summed E-state index contributed by atoms with van der Waals surface area (Å²) in [4.78, 5) is 8.90. The minimum Gasteiger partial charge on any atom is -0.356 e. The van der Waals surface area contributed by atoms with Gasteiger partial charge in [0.2, 0.25) is 0 Å². The van der Waals surface area contributed by atoms with Crippen LogP contribution in [0, 0.1) is 0 Å². The van der Waals surface area contributed by atoms with E-state index in [2.05, 4.69) is 94.5 Å². The molecule has 26 heavy (non-hydrogen) atoms. The summed E-state index contributed by atoms with van der Waals surface area (Å²) in [5, 5.41) is 3.46. The summed E-state index contributed by atoms with van der Waals surface area (Å²) in [6.45, 7) is 3.81. The molecule has 144 valence electrons. The maximum atomic E-state index is 4.39. The molecule has 6 heteroatoms. The van der Waals surface area contributed by atoms with Crippen molar-refractivity contribution in [2.45, 2.75) is 19.5 Å². The number of hydrogen-bond acceptors (Lipinski definition) is 2. The molecule has 1 aromatic heterocycles. The van der Waals surface area contributed by atoms with Crippen molar-refractivity contribution in [2.24, 2.45) is 12.0 Å². The van der Waals surface area contributed by atoms with E-state index in [1.165, 1.54) is 11.3 Å². The predicted octanol–water partition coefficient (Wildman–Crippen LogP) is 3.17. The molecule has 2 rings (SSSR count). The Morgan fingerprint density at radius 1 is 1.08 bits per heavy atom. The largest absolute Gasteiger partial charge is 0.356 e. The van der Waals surface area contributed by atoms with Crippen molar-refractivity contribution in [3.63, 3.8) is 0 Å². The van der Waals surface area contributed by atoms with Crippen LogP contribution in [0.1, 0.15) is 17.7 Å². The minimum atomic E-state index is 0. The Labute approximate surface area is 175 Å². The third-order valence-electron chi connectivity index (χ3n) is 4.32. The highest BCUT2D eigenvalue weighted by atomic mass is 127. The van der Waals surface area contributed by atoms with Gasteiger partial charge in [0, 0.05) is 46.1 Å². The Balaban J connectivity index is 0.00000338. The van der Waals surface area contributed by atoms with Crippen molar-refractivity contribution in [1.82, 2.24) is 19.7 Å². The summed E-state index contributed by atoms with van der Waals surface area (Å²) >= 11 is 0. The zero-order valence-electron chi connectivity index (χ0n) is 16.4. The number of hydrogen-bond donors (Lipinski definition) is 1. The van der Waals surface area contributed by atoms with E-state index in [1.54, 1.807) is 0 Å². The number of nitrogens with one attached hydrogen (secondary N) is 1. The molecule has 0 bridgehead atoms. The molecular weight excluding hydrogens is 437 g/mol. The SMILES string of the molecule is CN=C(NCCCN(C)Cc1ccccc1)N(C)Cc1cccn1C.I. The molecule has 0 atom stereocenters. The zero-order chi connectivity index (χ0) is 18.1. The van der Waals surface area contributed by atoms with Crippen molar-refractivity contribution in [3.8, 4) is 0 Å². The second kappa shape index (κ2) is 12.0. The number of nitrogens with zero attached hydrogens (tertiary/aromatic N) is 4. The second-order valence-electron chi connectivity index (χ2n) is 6.52. The van der Waals surface area contributed by atoms with Gasteiger partial charge in [0.1, 0.15) is 0 Å². The highest BCUT2D eigenvalue weighted by molar-refractivity contribution is 14.0. The maximum absolute atomic E-state index is 4.39. The van der Waals surface area contributed by atoms with E-state index in [9.17, 15) is 0 Å². The van der Waals surface area contributed by atoms with Crippen LogP contribution >= 0.6 is 24.0 Å².